The quantitative estimate of drug-likeness (QED) is 0.261. The van der Waals surface area contributed by atoms with Gasteiger partial charge in [-0.2, -0.15) is 0 Å². The van der Waals surface area contributed by atoms with Crippen molar-refractivity contribution in [3.05, 3.63) is 97.5 Å². The Morgan fingerprint density at radius 3 is 2.21 bits per heavy atom. The van der Waals surface area contributed by atoms with E-state index in [4.69, 9.17) is 27.9 Å². The van der Waals surface area contributed by atoms with E-state index in [1.807, 2.05) is 31.2 Å². The van der Waals surface area contributed by atoms with Gasteiger partial charge >= 0.3 is 0 Å². The second-order valence-corrected chi connectivity index (χ2v) is 6.93. The Hall–Kier alpha value is -2.89. The molecule has 142 valence electrons. The molecule has 0 atom stereocenters. The van der Waals surface area contributed by atoms with Crippen LogP contribution in [0.5, 0.6) is 5.75 Å². The van der Waals surface area contributed by atoms with Gasteiger partial charge in [-0.1, -0.05) is 40.9 Å². The van der Waals surface area contributed by atoms with Crippen LogP contribution in [0.2, 0.25) is 10.0 Å². The number of aryl methyl sites for hydroxylation is 1. The van der Waals surface area contributed by atoms with Gasteiger partial charge in [0.1, 0.15) is 6.61 Å². The molecule has 0 radical (unpaired) electrons. The second-order valence-electron chi connectivity index (χ2n) is 6.12. The molecule has 0 saturated heterocycles. The van der Waals surface area contributed by atoms with E-state index in [0.29, 0.717) is 15.8 Å². The second kappa shape index (κ2) is 8.87. The molecular formula is C21H16Cl2N2O3. The number of hydrogen-bond donors (Lipinski definition) is 0. The minimum atomic E-state index is -0.449. The van der Waals surface area contributed by atoms with Crippen LogP contribution in [-0.2, 0) is 6.61 Å². The van der Waals surface area contributed by atoms with Crippen LogP contribution in [-0.4, -0.2) is 11.1 Å². The first kappa shape index (κ1) is 19.9. The lowest BCUT2D eigenvalue weighted by atomic mass is 10.2. The molecule has 0 aromatic heterocycles. The Kier molecular flexibility index (Phi) is 6.29. The van der Waals surface area contributed by atoms with Crippen LogP contribution in [0.15, 0.2) is 65.7 Å². The summed E-state index contributed by atoms with van der Waals surface area (Å²) in [5.41, 5.74) is 3.54. The maximum absolute atomic E-state index is 10.7. The van der Waals surface area contributed by atoms with Gasteiger partial charge in [0, 0.05) is 18.3 Å². The molecular weight excluding hydrogens is 399 g/mol. The van der Waals surface area contributed by atoms with Crippen molar-refractivity contribution in [1.82, 2.24) is 0 Å². The summed E-state index contributed by atoms with van der Waals surface area (Å²) in [6.45, 7) is 2.21. The van der Waals surface area contributed by atoms with Gasteiger partial charge < -0.3 is 4.74 Å². The van der Waals surface area contributed by atoms with Crippen molar-refractivity contribution in [1.29, 1.82) is 0 Å². The summed E-state index contributed by atoms with van der Waals surface area (Å²) in [5.74, 6) is 0.356. The van der Waals surface area contributed by atoms with E-state index in [-0.39, 0.29) is 12.3 Å². The highest BCUT2D eigenvalue weighted by Gasteiger charge is 2.10. The van der Waals surface area contributed by atoms with Gasteiger partial charge in [0.15, 0.2) is 5.75 Å². The van der Waals surface area contributed by atoms with E-state index in [1.54, 1.807) is 30.5 Å². The van der Waals surface area contributed by atoms with Crippen LogP contribution in [0.1, 0.15) is 16.7 Å². The summed E-state index contributed by atoms with van der Waals surface area (Å²) < 4.78 is 5.71. The molecule has 7 heteroatoms. The third-order valence-corrected chi connectivity index (χ3v) is 4.51. The largest absolute Gasteiger partial charge is 0.486 e. The number of ether oxygens (including phenoxy) is 1. The third-order valence-electron chi connectivity index (χ3n) is 3.95. The summed E-state index contributed by atoms with van der Waals surface area (Å²) in [4.78, 5) is 14.7. The molecule has 0 heterocycles. The number of nitrogens with zero attached hydrogens (tertiary/aromatic N) is 2. The van der Waals surface area contributed by atoms with Gasteiger partial charge in [0.2, 0.25) is 0 Å². The van der Waals surface area contributed by atoms with Crippen LogP contribution >= 0.6 is 23.2 Å². The Morgan fingerprint density at radius 1 is 1.04 bits per heavy atom. The van der Waals surface area contributed by atoms with Crippen LogP contribution in [0.4, 0.5) is 11.4 Å². The number of rotatable bonds is 6. The number of benzene rings is 3. The smallest absolute Gasteiger partial charge is 0.269 e. The Balaban J connectivity index is 1.71. The van der Waals surface area contributed by atoms with Gasteiger partial charge in [0.05, 0.1) is 20.7 Å². The van der Waals surface area contributed by atoms with Gasteiger partial charge in [-0.25, -0.2) is 0 Å². The summed E-state index contributed by atoms with van der Waals surface area (Å²) in [5, 5.41) is 11.4. The first-order valence-electron chi connectivity index (χ1n) is 8.38. The van der Waals surface area contributed by atoms with Crippen molar-refractivity contribution in [3.8, 4) is 5.75 Å². The minimum Gasteiger partial charge on any atom is -0.486 e. The molecule has 0 aliphatic rings. The van der Waals surface area contributed by atoms with Crippen LogP contribution in [0.3, 0.4) is 0 Å². The van der Waals surface area contributed by atoms with E-state index >= 15 is 0 Å². The minimum absolute atomic E-state index is 0.0250. The number of hydrogen-bond acceptors (Lipinski definition) is 4. The zero-order valence-corrected chi connectivity index (χ0v) is 16.4. The Bertz CT molecular complexity index is 994. The number of nitro groups is 1. The van der Waals surface area contributed by atoms with Crippen molar-refractivity contribution >= 4 is 40.8 Å². The maximum Gasteiger partial charge on any atom is 0.269 e. The number of nitro benzene ring substituents is 1. The SMILES string of the molecule is Cc1ccc(N=Cc2cc(Cl)c(OCc3ccc([N+](=O)[O-])cc3)c(Cl)c2)cc1. The molecule has 0 amide bonds. The highest BCUT2D eigenvalue weighted by molar-refractivity contribution is 6.37. The molecule has 0 fully saturated rings. The molecule has 0 saturated carbocycles. The van der Waals surface area contributed by atoms with Gasteiger partial charge in [0.25, 0.3) is 5.69 Å². The standard InChI is InChI=1S/C21H16Cl2N2O3/c1-14-2-6-17(7-3-14)24-12-16-10-19(22)21(20(23)11-16)28-13-15-4-8-18(9-5-15)25(26)27/h2-12H,13H2,1H3. The van der Waals surface area contributed by atoms with Gasteiger partial charge in [-0.05, 0) is 54.4 Å². The zero-order chi connectivity index (χ0) is 20.1. The molecule has 3 aromatic rings. The topological polar surface area (TPSA) is 64.7 Å². The van der Waals surface area contributed by atoms with Crippen molar-refractivity contribution in [2.24, 2.45) is 4.99 Å². The van der Waals surface area contributed by atoms with Crippen molar-refractivity contribution in [3.63, 3.8) is 0 Å². The highest BCUT2D eigenvalue weighted by Crippen LogP contribution is 2.34. The van der Waals surface area contributed by atoms with E-state index < -0.39 is 4.92 Å². The average Bonchev–Trinajstić information content (AvgIpc) is 2.67. The fourth-order valence-electron chi connectivity index (χ4n) is 2.44. The lowest BCUT2D eigenvalue weighted by molar-refractivity contribution is -0.384. The third kappa shape index (κ3) is 5.09. The van der Waals surface area contributed by atoms with Crippen molar-refractivity contribution < 1.29 is 9.66 Å². The molecule has 3 rings (SSSR count). The van der Waals surface area contributed by atoms with E-state index in [0.717, 1.165) is 16.8 Å². The Morgan fingerprint density at radius 2 is 1.64 bits per heavy atom. The summed E-state index contributed by atoms with van der Waals surface area (Å²) in [6, 6.07) is 17.4. The number of aliphatic imine (C=N–C) groups is 1. The fraction of sp³-hybridized carbons (Fsp3) is 0.0952. The predicted octanol–water partition coefficient (Wildman–Crippen LogP) is 6.54. The molecule has 0 N–H and O–H groups in total. The van der Waals surface area contributed by atoms with Gasteiger partial charge in [-0.15, -0.1) is 0 Å². The number of non-ortho nitro benzene ring substituents is 1. The van der Waals surface area contributed by atoms with Crippen molar-refractivity contribution in [2.45, 2.75) is 13.5 Å². The lowest BCUT2D eigenvalue weighted by Gasteiger charge is -2.11. The van der Waals surface area contributed by atoms with E-state index in [1.165, 1.54) is 17.7 Å². The molecule has 0 aliphatic carbocycles. The van der Waals surface area contributed by atoms with Crippen LogP contribution in [0, 0.1) is 17.0 Å². The van der Waals surface area contributed by atoms with E-state index in [2.05, 4.69) is 4.99 Å². The lowest BCUT2D eigenvalue weighted by Crippen LogP contribution is -1.98. The molecule has 28 heavy (non-hydrogen) atoms. The molecule has 5 nitrogen and oxygen atoms in total. The summed E-state index contributed by atoms with van der Waals surface area (Å²) >= 11 is 12.6. The van der Waals surface area contributed by atoms with Crippen LogP contribution < -0.4 is 4.74 Å². The van der Waals surface area contributed by atoms with E-state index in [9.17, 15) is 10.1 Å². The molecule has 3 aromatic carbocycles. The Labute approximate surface area is 172 Å². The first-order valence-corrected chi connectivity index (χ1v) is 9.14. The fourth-order valence-corrected chi connectivity index (χ4v) is 3.05. The maximum atomic E-state index is 10.7. The monoisotopic (exact) mass is 414 g/mol. The highest BCUT2D eigenvalue weighted by atomic mass is 35.5. The zero-order valence-electron chi connectivity index (χ0n) is 14.9. The summed E-state index contributed by atoms with van der Waals surface area (Å²) in [7, 11) is 0. The predicted molar refractivity (Wildman–Crippen MR) is 112 cm³/mol. The van der Waals surface area contributed by atoms with Gasteiger partial charge in [-0.3, -0.25) is 15.1 Å². The first-order chi connectivity index (χ1) is 13.4. The molecule has 0 bridgehead atoms. The molecule has 0 unspecified atom stereocenters. The number of halogens is 2. The summed E-state index contributed by atoms with van der Waals surface area (Å²) in [6.07, 6.45) is 1.68. The molecule has 0 spiro atoms. The normalized spacial score (nSPS) is 11.0. The van der Waals surface area contributed by atoms with Crippen molar-refractivity contribution in [2.75, 3.05) is 0 Å². The van der Waals surface area contributed by atoms with Crippen LogP contribution in [0.25, 0.3) is 0 Å². The average molecular weight is 415 g/mol. The molecule has 0 aliphatic heterocycles.